The molecule has 2 aliphatic rings. The quantitative estimate of drug-likeness (QED) is 0.876. The molecule has 2 atom stereocenters. The molecule has 122 valence electrons. The van der Waals surface area contributed by atoms with Crippen molar-refractivity contribution in [2.24, 2.45) is 5.41 Å². The Labute approximate surface area is 131 Å². The van der Waals surface area contributed by atoms with E-state index in [1.165, 1.54) is 25.5 Å². The highest BCUT2D eigenvalue weighted by molar-refractivity contribution is 5.74. The minimum absolute atomic E-state index is 0.132. The predicted octanol–water partition coefficient (Wildman–Crippen LogP) is 2.60. The van der Waals surface area contributed by atoms with E-state index in [0.717, 1.165) is 31.6 Å². The first kappa shape index (κ1) is 15.3. The summed E-state index contributed by atoms with van der Waals surface area (Å²) in [6.45, 7) is 3.18. The molecular weight excluding hydrogens is 282 g/mol. The number of hydrogen-bond acceptors (Lipinski definition) is 4. The molecule has 6 heteroatoms. The minimum atomic E-state index is -0.132. The number of nitrogens with one attached hydrogen (secondary N) is 2. The van der Waals surface area contributed by atoms with E-state index >= 15 is 0 Å². The summed E-state index contributed by atoms with van der Waals surface area (Å²) in [6.07, 6.45) is 8.82. The third-order valence-electron chi connectivity index (χ3n) is 5.16. The molecule has 0 bridgehead atoms. The molecule has 1 heterocycles. The lowest BCUT2D eigenvalue weighted by Gasteiger charge is -2.57. The number of ether oxygens (including phenoxy) is 1. The Kier molecular flexibility index (Phi) is 4.66. The van der Waals surface area contributed by atoms with Gasteiger partial charge in [0.05, 0.1) is 12.6 Å². The summed E-state index contributed by atoms with van der Waals surface area (Å²) in [7, 11) is 0. The highest BCUT2D eigenvalue weighted by atomic mass is 16.5. The van der Waals surface area contributed by atoms with E-state index < -0.39 is 0 Å². The summed E-state index contributed by atoms with van der Waals surface area (Å²) in [5.41, 5.74) is 0.878. The number of urea groups is 1. The van der Waals surface area contributed by atoms with Crippen LogP contribution in [0.1, 0.15) is 51.1 Å². The predicted molar refractivity (Wildman–Crippen MR) is 81.2 cm³/mol. The highest BCUT2D eigenvalue weighted by Gasteiger charge is 2.56. The highest BCUT2D eigenvalue weighted by Crippen LogP contribution is 2.53. The van der Waals surface area contributed by atoms with Crippen molar-refractivity contribution in [1.82, 2.24) is 15.8 Å². The number of hydrogen-bond donors (Lipinski definition) is 2. The van der Waals surface area contributed by atoms with Gasteiger partial charge in [-0.1, -0.05) is 24.4 Å². The van der Waals surface area contributed by atoms with E-state index in [1.807, 2.05) is 6.92 Å². The molecule has 6 nitrogen and oxygen atoms in total. The van der Waals surface area contributed by atoms with Gasteiger partial charge in [-0.2, -0.15) is 0 Å². The molecule has 2 amide bonds. The van der Waals surface area contributed by atoms with Crippen LogP contribution >= 0.6 is 0 Å². The Morgan fingerprint density at radius 2 is 2.27 bits per heavy atom. The zero-order valence-corrected chi connectivity index (χ0v) is 13.1. The number of aromatic nitrogens is 1. The van der Waals surface area contributed by atoms with Crippen molar-refractivity contribution in [3.8, 4) is 0 Å². The van der Waals surface area contributed by atoms with Gasteiger partial charge in [-0.15, -0.1) is 0 Å². The molecule has 2 N–H and O–H groups in total. The van der Waals surface area contributed by atoms with Gasteiger partial charge in [0.2, 0.25) is 0 Å². The van der Waals surface area contributed by atoms with E-state index in [4.69, 9.17) is 9.26 Å². The first-order chi connectivity index (χ1) is 10.7. The van der Waals surface area contributed by atoms with Crippen LogP contribution in [0.5, 0.6) is 0 Å². The summed E-state index contributed by atoms with van der Waals surface area (Å²) in [4.78, 5) is 12.1. The Morgan fingerprint density at radius 1 is 1.45 bits per heavy atom. The fourth-order valence-electron chi connectivity index (χ4n) is 3.97. The lowest BCUT2D eigenvalue weighted by Crippen LogP contribution is -2.66. The van der Waals surface area contributed by atoms with Crippen LogP contribution in [0.15, 0.2) is 16.9 Å². The lowest BCUT2D eigenvalue weighted by molar-refractivity contribution is -0.146. The Morgan fingerprint density at radius 3 is 2.95 bits per heavy atom. The first-order valence-electron chi connectivity index (χ1n) is 8.30. The van der Waals surface area contributed by atoms with Gasteiger partial charge in [0.15, 0.2) is 0 Å². The smallest absolute Gasteiger partial charge is 0.315 e. The maximum Gasteiger partial charge on any atom is 0.315 e. The van der Waals surface area contributed by atoms with Crippen LogP contribution in [-0.2, 0) is 11.3 Å². The van der Waals surface area contributed by atoms with Gasteiger partial charge in [-0.25, -0.2) is 4.79 Å². The second-order valence-electron chi connectivity index (χ2n) is 6.34. The molecule has 2 fully saturated rings. The number of amides is 2. The fourth-order valence-corrected chi connectivity index (χ4v) is 3.97. The Bertz CT molecular complexity index is 483. The fraction of sp³-hybridized carbons (Fsp3) is 0.750. The topological polar surface area (TPSA) is 76.4 Å². The van der Waals surface area contributed by atoms with Crippen molar-refractivity contribution < 1.29 is 14.1 Å². The molecule has 3 rings (SSSR count). The van der Waals surface area contributed by atoms with Gasteiger partial charge in [-0.05, 0) is 26.2 Å². The molecule has 0 radical (unpaired) electrons. The van der Waals surface area contributed by atoms with Gasteiger partial charge in [0.25, 0.3) is 0 Å². The van der Waals surface area contributed by atoms with E-state index in [9.17, 15) is 4.79 Å². The van der Waals surface area contributed by atoms with E-state index in [0.29, 0.717) is 12.6 Å². The second kappa shape index (κ2) is 6.69. The van der Waals surface area contributed by atoms with Gasteiger partial charge < -0.3 is 19.9 Å². The van der Waals surface area contributed by atoms with Crippen LogP contribution in [0.3, 0.4) is 0 Å². The van der Waals surface area contributed by atoms with Crippen molar-refractivity contribution in [2.75, 3.05) is 6.61 Å². The van der Waals surface area contributed by atoms with Crippen molar-refractivity contribution in [1.29, 1.82) is 0 Å². The summed E-state index contributed by atoms with van der Waals surface area (Å²) in [6, 6.07) is 1.84. The SMILES string of the molecule is CCO[C@H]1C[C@H](NC(=O)NCc2ccon2)C12CCCCC2. The Hall–Kier alpha value is -1.56. The van der Waals surface area contributed by atoms with Crippen molar-refractivity contribution in [3.05, 3.63) is 18.0 Å². The van der Waals surface area contributed by atoms with Crippen LogP contribution in [0.25, 0.3) is 0 Å². The molecule has 1 aromatic heterocycles. The molecular formula is C16H25N3O3. The van der Waals surface area contributed by atoms with Crippen LogP contribution in [0.2, 0.25) is 0 Å². The normalized spacial score (nSPS) is 26.4. The molecule has 0 unspecified atom stereocenters. The third kappa shape index (κ3) is 2.97. The summed E-state index contributed by atoms with van der Waals surface area (Å²) in [5.74, 6) is 0. The first-order valence-corrected chi connectivity index (χ1v) is 8.30. The molecule has 0 aliphatic heterocycles. The number of carbonyl (C=O) groups excluding carboxylic acids is 1. The summed E-state index contributed by atoms with van der Waals surface area (Å²) >= 11 is 0. The third-order valence-corrected chi connectivity index (χ3v) is 5.16. The maximum absolute atomic E-state index is 12.1. The van der Waals surface area contributed by atoms with E-state index in [1.54, 1.807) is 6.07 Å². The lowest BCUT2D eigenvalue weighted by atomic mass is 9.55. The average molecular weight is 307 g/mol. The average Bonchev–Trinajstić information content (AvgIpc) is 3.06. The van der Waals surface area contributed by atoms with Gasteiger partial charge in [0.1, 0.15) is 12.0 Å². The second-order valence-corrected chi connectivity index (χ2v) is 6.34. The minimum Gasteiger partial charge on any atom is -0.378 e. The summed E-state index contributed by atoms with van der Waals surface area (Å²) in [5, 5.41) is 9.76. The van der Waals surface area contributed by atoms with Crippen LogP contribution in [0, 0.1) is 5.41 Å². The van der Waals surface area contributed by atoms with Crippen molar-refractivity contribution >= 4 is 6.03 Å². The molecule has 2 aliphatic carbocycles. The molecule has 2 saturated carbocycles. The summed E-state index contributed by atoms with van der Waals surface area (Å²) < 4.78 is 10.7. The number of nitrogens with zero attached hydrogens (tertiary/aromatic N) is 1. The van der Waals surface area contributed by atoms with E-state index in [2.05, 4.69) is 15.8 Å². The largest absolute Gasteiger partial charge is 0.378 e. The molecule has 1 aromatic rings. The van der Waals surface area contributed by atoms with Crippen LogP contribution in [-0.4, -0.2) is 29.9 Å². The Balaban J connectivity index is 1.53. The van der Waals surface area contributed by atoms with Gasteiger partial charge >= 0.3 is 6.03 Å². The van der Waals surface area contributed by atoms with Gasteiger partial charge in [-0.3, -0.25) is 0 Å². The molecule has 1 spiro atoms. The maximum atomic E-state index is 12.1. The zero-order valence-electron chi connectivity index (χ0n) is 13.1. The molecule has 0 saturated heterocycles. The van der Waals surface area contributed by atoms with E-state index in [-0.39, 0.29) is 17.5 Å². The van der Waals surface area contributed by atoms with Crippen molar-refractivity contribution in [3.63, 3.8) is 0 Å². The zero-order chi connectivity index (χ0) is 15.4. The number of rotatable bonds is 5. The van der Waals surface area contributed by atoms with Crippen LogP contribution in [0.4, 0.5) is 4.79 Å². The van der Waals surface area contributed by atoms with Gasteiger partial charge in [0, 0.05) is 24.1 Å². The van der Waals surface area contributed by atoms with Crippen LogP contribution < -0.4 is 10.6 Å². The standard InChI is InChI=1S/C16H25N3O3/c1-2-21-14-10-13(16(14)7-4-3-5-8-16)18-15(20)17-11-12-6-9-22-19-12/h6,9,13-14H,2-5,7-8,10-11H2,1H3,(H2,17,18,20)/t13-,14-/m0/s1. The monoisotopic (exact) mass is 307 g/mol. The molecule has 22 heavy (non-hydrogen) atoms. The number of carbonyl (C=O) groups is 1. The van der Waals surface area contributed by atoms with Crippen molar-refractivity contribution in [2.45, 2.75) is 64.1 Å². The molecule has 0 aromatic carbocycles.